The highest BCUT2D eigenvalue weighted by Gasteiger charge is 2.32. The van der Waals surface area contributed by atoms with Crippen molar-refractivity contribution in [2.24, 2.45) is 11.8 Å². The fourth-order valence-corrected chi connectivity index (χ4v) is 4.00. The van der Waals surface area contributed by atoms with Crippen molar-refractivity contribution in [1.82, 2.24) is 15.2 Å². The zero-order chi connectivity index (χ0) is 20.8. The molecule has 2 aromatic rings. The first-order valence-corrected chi connectivity index (χ1v) is 10.3. The van der Waals surface area contributed by atoms with E-state index in [2.05, 4.69) is 17.2 Å². The summed E-state index contributed by atoms with van der Waals surface area (Å²) in [7, 11) is 0. The molecule has 1 aliphatic rings. The van der Waals surface area contributed by atoms with E-state index >= 15 is 0 Å². The average molecular weight is 418 g/mol. The number of aromatic nitrogens is 1. The van der Waals surface area contributed by atoms with Crippen molar-refractivity contribution in [3.63, 3.8) is 0 Å². The number of amides is 2. The summed E-state index contributed by atoms with van der Waals surface area (Å²) in [6.45, 7) is 3.72. The molecule has 3 rings (SSSR count). The molecule has 1 aromatic carbocycles. The van der Waals surface area contributed by atoms with Gasteiger partial charge in [0.05, 0.1) is 0 Å². The van der Waals surface area contributed by atoms with E-state index in [1.807, 2.05) is 4.90 Å². The number of rotatable bonds is 6. The van der Waals surface area contributed by atoms with Crippen LogP contribution in [0, 0.1) is 17.7 Å². The summed E-state index contributed by atoms with van der Waals surface area (Å²) in [5.41, 5.74) is 1.40. The predicted octanol–water partition coefficient (Wildman–Crippen LogP) is 4.07. The average Bonchev–Trinajstić information content (AvgIpc) is 2.73. The molecule has 0 radical (unpaired) electrons. The molecule has 0 spiro atoms. The number of likely N-dealkylation sites (tertiary alicyclic amines) is 1. The monoisotopic (exact) mass is 417 g/mol. The van der Waals surface area contributed by atoms with Crippen LogP contribution >= 0.6 is 11.6 Å². The van der Waals surface area contributed by atoms with Crippen LogP contribution in [0.3, 0.4) is 0 Å². The molecule has 1 N–H and O–H groups in total. The summed E-state index contributed by atoms with van der Waals surface area (Å²) in [4.78, 5) is 30.9. The summed E-state index contributed by atoms with van der Waals surface area (Å²) in [5.74, 6) is 0.145. The molecule has 2 heterocycles. The quantitative estimate of drug-likeness (QED) is 0.720. The van der Waals surface area contributed by atoms with Gasteiger partial charge in [0, 0.05) is 37.8 Å². The lowest BCUT2D eigenvalue weighted by atomic mass is 9.81. The highest BCUT2D eigenvalue weighted by Crippen LogP contribution is 2.30. The minimum Gasteiger partial charge on any atom is -0.352 e. The van der Waals surface area contributed by atoms with E-state index in [1.165, 1.54) is 18.3 Å². The van der Waals surface area contributed by atoms with Crippen LogP contribution in [-0.4, -0.2) is 34.8 Å². The van der Waals surface area contributed by atoms with E-state index in [9.17, 15) is 14.0 Å². The van der Waals surface area contributed by atoms with E-state index in [1.54, 1.807) is 24.3 Å². The number of hydrogen-bond donors (Lipinski definition) is 1. The maximum absolute atomic E-state index is 13.0. The zero-order valence-corrected chi connectivity index (χ0v) is 17.2. The molecule has 29 heavy (non-hydrogen) atoms. The Morgan fingerprint density at radius 1 is 1.24 bits per heavy atom. The standard InChI is InChI=1S/C22H25ClFN3O2/c1-2-16-14-27(22(29)18-7-9-25-20(23)11-18)10-8-17(16)12-21(28)26-13-15-3-5-19(24)6-4-15/h3-7,9,11,16-17H,2,8,10,12-14H2,1H3,(H,26,28)/t16-,17+/m1/s1. The largest absolute Gasteiger partial charge is 0.352 e. The van der Waals surface area contributed by atoms with E-state index in [4.69, 9.17) is 11.6 Å². The van der Waals surface area contributed by atoms with Crippen LogP contribution in [0.25, 0.3) is 0 Å². The third-order valence-electron chi connectivity index (χ3n) is 5.53. The fourth-order valence-electron chi connectivity index (χ4n) is 3.83. The Hall–Kier alpha value is -2.47. The van der Waals surface area contributed by atoms with E-state index in [0.29, 0.717) is 36.8 Å². The molecule has 1 fully saturated rings. The molecule has 1 aliphatic heterocycles. The van der Waals surface area contributed by atoms with Crippen molar-refractivity contribution in [2.45, 2.75) is 32.7 Å². The predicted molar refractivity (Wildman–Crippen MR) is 110 cm³/mol. The van der Waals surface area contributed by atoms with Gasteiger partial charge in [0.1, 0.15) is 11.0 Å². The lowest BCUT2D eigenvalue weighted by Gasteiger charge is -2.38. The van der Waals surface area contributed by atoms with Crippen LogP contribution in [0.2, 0.25) is 5.15 Å². The van der Waals surface area contributed by atoms with Crippen LogP contribution in [0.15, 0.2) is 42.6 Å². The SMILES string of the molecule is CC[C@@H]1CN(C(=O)c2ccnc(Cl)c2)CC[C@H]1CC(=O)NCc1ccc(F)cc1. The number of nitrogens with zero attached hydrogens (tertiary/aromatic N) is 2. The van der Waals surface area contributed by atoms with Gasteiger partial charge < -0.3 is 10.2 Å². The highest BCUT2D eigenvalue weighted by molar-refractivity contribution is 6.29. The van der Waals surface area contributed by atoms with Crippen molar-refractivity contribution in [3.05, 3.63) is 64.7 Å². The Bertz CT molecular complexity index is 859. The van der Waals surface area contributed by atoms with Gasteiger partial charge in [-0.25, -0.2) is 9.37 Å². The Morgan fingerprint density at radius 2 is 2.00 bits per heavy atom. The minimum atomic E-state index is -0.291. The second-order valence-corrected chi connectivity index (χ2v) is 7.83. The van der Waals surface area contributed by atoms with Gasteiger partial charge >= 0.3 is 0 Å². The van der Waals surface area contributed by atoms with Gasteiger partial charge in [-0.05, 0) is 48.1 Å². The molecule has 1 aromatic heterocycles. The maximum atomic E-state index is 13.0. The number of nitrogens with one attached hydrogen (secondary N) is 1. The van der Waals surface area contributed by atoms with Gasteiger partial charge in [-0.2, -0.15) is 0 Å². The van der Waals surface area contributed by atoms with Gasteiger partial charge in [0.15, 0.2) is 0 Å². The summed E-state index contributed by atoms with van der Waals surface area (Å²) >= 11 is 5.90. The lowest BCUT2D eigenvalue weighted by molar-refractivity contribution is -0.123. The van der Waals surface area contributed by atoms with Gasteiger partial charge in [0.2, 0.25) is 5.91 Å². The third-order valence-corrected chi connectivity index (χ3v) is 5.73. The van der Waals surface area contributed by atoms with Gasteiger partial charge in [-0.15, -0.1) is 0 Å². The summed E-state index contributed by atoms with van der Waals surface area (Å²) < 4.78 is 13.0. The molecule has 0 saturated carbocycles. The van der Waals surface area contributed by atoms with Crippen LogP contribution < -0.4 is 5.32 Å². The number of benzene rings is 1. The minimum absolute atomic E-state index is 0.0153. The first-order chi connectivity index (χ1) is 14.0. The smallest absolute Gasteiger partial charge is 0.254 e. The normalized spacial score (nSPS) is 19.1. The Kier molecular flexibility index (Phi) is 7.20. The van der Waals surface area contributed by atoms with Crippen LogP contribution in [0.1, 0.15) is 42.1 Å². The van der Waals surface area contributed by atoms with Crippen LogP contribution in [0.4, 0.5) is 4.39 Å². The second kappa shape index (κ2) is 9.83. The van der Waals surface area contributed by atoms with Gasteiger partial charge in [-0.3, -0.25) is 9.59 Å². The lowest BCUT2D eigenvalue weighted by Crippen LogP contribution is -2.44. The molecule has 5 nitrogen and oxygen atoms in total. The summed E-state index contributed by atoms with van der Waals surface area (Å²) in [6.07, 6.45) is 3.65. The highest BCUT2D eigenvalue weighted by atomic mass is 35.5. The van der Waals surface area contributed by atoms with Gasteiger partial charge in [-0.1, -0.05) is 37.1 Å². The molecule has 154 valence electrons. The fraction of sp³-hybridized carbons (Fsp3) is 0.409. The Labute approximate surface area is 175 Å². The first-order valence-electron chi connectivity index (χ1n) is 9.88. The number of halogens is 2. The van der Waals surface area contributed by atoms with E-state index < -0.39 is 0 Å². The molecule has 1 saturated heterocycles. The van der Waals surface area contributed by atoms with Crippen molar-refractivity contribution in [2.75, 3.05) is 13.1 Å². The van der Waals surface area contributed by atoms with Crippen LogP contribution in [0.5, 0.6) is 0 Å². The number of carbonyl (C=O) groups excluding carboxylic acids is 2. The molecular weight excluding hydrogens is 393 g/mol. The van der Waals surface area contributed by atoms with E-state index in [-0.39, 0.29) is 29.5 Å². The van der Waals surface area contributed by atoms with E-state index in [0.717, 1.165) is 18.4 Å². The number of pyridine rings is 1. The number of carbonyl (C=O) groups is 2. The van der Waals surface area contributed by atoms with Crippen molar-refractivity contribution >= 4 is 23.4 Å². The number of hydrogen-bond acceptors (Lipinski definition) is 3. The second-order valence-electron chi connectivity index (χ2n) is 7.44. The molecule has 0 unspecified atom stereocenters. The van der Waals surface area contributed by atoms with Crippen molar-refractivity contribution < 1.29 is 14.0 Å². The summed E-state index contributed by atoms with van der Waals surface area (Å²) in [6, 6.07) is 9.36. The van der Waals surface area contributed by atoms with Gasteiger partial charge in [0.25, 0.3) is 5.91 Å². The Morgan fingerprint density at radius 3 is 2.69 bits per heavy atom. The molecule has 0 aliphatic carbocycles. The Balaban J connectivity index is 1.53. The molecule has 2 atom stereocenters. The summed E-state index contributed by atoms with van der Waals surface area (Å²) in [5, 5.41) is 3.21. The molecule has 0 bridgehead atoms. The molecular formula is C22H25ClFN3O2. The zero-order valence-electron chi connectivity index (χ0n) is 16.4. The number of piperidine rings is 1. The topological polar surface area (TPSA) is 62.3 Å². The third kappa shape index (κ3) is 5.76. The first kappa shape index (κ1) is 21.2. The maximum Gasteiger partial charge on any atom is 0.254 e. The van der Waals surface area contributed by atoms with Crippen LogP contribution in [-0.2, 0) is 11.3 Å². The van der Waals surface area contributed by atoms with Crippen molar-refractivity contribution in [1.29, 1.82) is 0 Å². The van der Waals surface area contributed by atoms with Crippen molar-refractivity contribution in [3.8, 4) is 0 Å². The molecule has 2 amide bonds. The molecule has 7 heteroatoms.